The van der Waals surface area contributed by atoms with E-state index in [9.17, 15) is 0 Å². The first-order valence-electron chi connectivity index (χ1n) is 4.49. The first-order valence-corrected chi connectivity index (χ1v) is 4.49. The van der Waals surface area contributed by atoms with Gasteiger partial charge >= 0.3 is 0 Å². The molecular formula is C11H16N2. The smallest absolute Gasteiger partial charge is 0.0936 e. The van der Waals surface area contributed by atoms with Gasteiger partial charge < -0.3 is 5.73 Å². The fourth-order valence-electron chi connectivity index (χ4n) is 1.27. The van der Waals surface area contributed by atoms with Gasteiger partial charge in [-0.15, -0.1) is 0 Å². The van der Waals surface area contributed by atoms with Crippen molar-refractivity contribution in [1.82, 2.24) is 0 Å². The molecule has 0 aromatic heterocycles. The SMILES string of the molecule is CN=C(N)CCc1ccccc1C. The van der Waals surface area contributed by atoms with E-state index in [1.54, 1.807) is 7.05 Å². The molecule has 0 spiro atoms. The third-order valence-corrected chi connectivity index (χ3v) is 2.20. The number of nitrogens with two attached hydrogens (primary N) is 1. The molecule has 0 atom stereocenters. The van der Waals surface area contributed by atoms with Crippen LogP contribution in [0.5, 0.6) is 0 Å². The molecule has 0 fully saturated rings. The Labute approximate surface area is 79.5 Å². The van der Waals surface area contributed by atoms with Crippen LogP contribution in [0.4, 0.5) is 0 Å². The molecule has 0 unspecified atom stereocenters. The molecule has 70 valence electrons. The van der Waals surface area contributed by atoms with Gasteiger partial charge in [0.15, 0.2) is 0 Å². The van der Waals surface area contributed by atoms with Crippen molar-refractivity contribution in [3.05, 3.63) is 35.4 Å². The molecule has 0 saturated heterocycles. The Morgan fingerprint density at radius 3 is 2.69 bits per heavy atom. The molecule has 2 nitrogen and oxygen atoms in total. The molecule has 0 heterocycles. The molecule has 0 aliphatic carbocycles. The zero-order chi connectivity index (χ0) is 9.68. The van der Waals surface area contributed by atoms with Gasteiger partial charge in [-0.1, -0.05) is 24.3 Å². The summed E-state index contributed by atoms with van der Waals surface area (Å²) in [6.45, 7) is 2.12. The molecule has 0 amide bonds. The van der Waals surface area contributed by atoms with Crippen LogP contribution in [0.1, 0.15) is 17.5 Å². The maximum atomic E-state index is 5.62. The van der Waals surface area contributed by atoms with E-state index in [4.69, 9.17) is 5.73 Å². The molecule has 0 aliphatic heterocycles. The quantitative estimate of drug-likeness (QED) is 0.554. The molecule has 1 aromatic carbocycles. The normalized spacial score (nSPS) is 11.7. The molecular weight excluding hydrogens is 160 g/mol. The third-order valence-electron chi connectivity index (χ3n) is 2.20. The maximum absolute atomic E-state index is 5.62. The standard InChI is InChI=1S/C11H16N2/c1-9-5-3-4-6-10(9)7-8-11(12)13-2/h3-6H,7-8H2,1-2H3,(H2,12,13). The number of hydrogen-bond acceptors (Lipinski definition) is 1. The van der Waals surface area contributed by atoms with Crippen molar-refractivity contribution in [2.45, 2.75) is 19.8 Å². The van der Waals surface area contributed by atoms with Crippen molar-refractivity contribution < 1.29 is 0 Å². The Morgan fingerprint density at radius 2 is 2.08 bits per heavy atom. The van der Waals surface area contributed by atoms with Crippen molar-refractivity contribution in [3.63, 3.8) is 0 Å². The monoisotopic (exact) mass is 176 g/mol. The zero-order valence-corrected chi connectivity index (χ0v) is 8.25. The first kappa shape index (κ1) is 9.78. The van der Waals surface area contributed by atoms with Gasteiger partial charge in [-0.2, -0.15) is 0 Å². The summed E-state index contributed by atoms with van der Waals surface area (Å²) >= 11 is 0. The third kappa shape index (κ3) is 2.90. The Balaban J connectivity index is 2.60. The predicted octanol–water partition coefficient (Wildman–Crippen LogP) is 1.91. The molecule has 13 heavy (non-hydrogen) atoms. The summed E-state index contributed by atoms with van der Waals surface area (Å²) in [5.74, 6) is 0.725. The van der Waals surface area contributed by atoms with Gasteiger partial charge in [0, 0.05) is 13.5 Å². The molecule has 1 rings (SSSR count). The van der Waals surface area contributed by atoms with Gasteiger partial charge in [0.25, 0.3) is 0 Å². The fourth-order valence-corrected chi connectivity index (χ4v) is 1.27. The number of rotatable bonds is 3. The number of hydrogen-bond donors (Lipinski definition) is 1. The van der Waals surface area contributed by atoms with Gasteiger partial charge in [0.2, 0.25) is 0 Å². The van der Waals surface area contributed by atoms with E-state index in [2.05, 4.69) is 36.2 Å². The summed E-state index contributed by atoms with van der Waals surface area (Å²) in [5, 5.41) is 0. The van der Waals surface area contributed by atoms with E-state index in [0.29, 0.717) is 0 Å². The highest BCUT2D eigenvalue weighted by Crippen LogP contribution is 2.08. The van der Waals surface area contributed by atoms with Crippen LogP contribution in [-0.4, -0.2) is 12.9 Å². The van der Waals surface area contributed by atoms with Gasteiger partial charge in [0.1, 0.15) is 0 Å². The molecule has 0 bridgehead atoms. The van der Waals surface area contributed by atoms with E-state index in [0.717, 1.165) is 18.7 Å². The number of amidine groups is 1. The van der Waals surface area contributed by atoms with Crippen molar-refractivity contribution >= 4 is 5.84 Å². The summed E-state index contributed by atoms with van der Waals surface area (Å²) < 4.78 is 0. The van der Waals surface area contributed by atoms with E-state index >= 15 is 0 Å². The van der Waals surface area contributed by atoms with Crippen LogP contribution in [-0.2, 0) is 6.42 Å². The second-order valence-electron chi connectivity index (χ2n) is 3.14. The molecule has 0 radical (unpaired) electrons. The van der Waals surface area contributed by atoms with Crippen LogP contribution >= 0.6 is 0 Å². The Hall–Kier alpha value is -1.31. The molecule has 0 aliphatic rings. The van der Waals surface area contributed by atoms with Gasteiger partial charge in [-0.3, -0.25) is 4.99 Å². The lowest BCUT2D eigenvalue weighted by Crippen LogP contribution is -2.12. The summed E-state index contributed by atoms with van der Waals surface area (Å²) in [6.07, 6.45) is 1.83. The summed E-state index contributed by atoms with van der Waals surface area (Å²) in [4.78, 5) is 3.93. The number of aliphatic imine (C=N–C) groups is 1. The van der Waals surface area contributed by atoms with Crippen LogP contribution in [0, 0.1) is 6.92 Å². The van der Waals surface area contributed by atoms with E-state index in [1.807, 2.05) is 0 Å². The molecule has 2 N–H and O–H groups in total. The van der Waals surface area contributed by atoms with Gasteiger partial charge in [-0.25, -0.2) is 0 Å². The van der Waals surface area contributed by atoms with Crippen molar-refractivity contribution in [2.24, 2.45) is 10.7 Å². The molecule has 2 heteroatoms. The zero-order valence-electron chi connectivity index (χ0n) is 8.25. The van der Waals surface area contributed by atoms with E-state index in [1.165, 1.54) is 11.1 Å². The van der Waals surface area contributed by atoms with Gasteiger partial charge in [0.05, 0.1) is 5.84 Å². The molecule has 1 aromatic rings. The van der Waals surface area contributed by atoms with Crippen LogP contribution in [0.2, 0.25) is 0 Å². The lowest BCUT2D eigenvalue weighted by Gasteiger charge is -2.04. The maximum Gasteiger partial charge on any atom is 0.0936 e. The summed E-state index contributed by atoms with van der Waals surface area (Å²) in [5.41, 5.74) is 8.30. The average Bonchev–Trinajstić information content (AvgIpc) is 2.16. The van der Waals surface area contributed by atoms with Crippen LogP contribution < -0.4 is 5.73 Å². The van der Waals surface area contributed by atoms with E-state index in [-0.39, 0.29) is 0 Å². The number of aryl methyl sites for hydroxylation is 2. The lowest BCUT2D eigenvalue weighted by atomic mass is 10.0. The Bertz CT molecular complexity index is 303. The van der Waals surface area contributed by atoms with Crippen molar-refractivity contribution in [1.29, 1.82) is 0 Å². The second kappa shape index (κ2) is 4.65. The fraction of sp³-hybridized carbons (Fsp3) is 0.364. The van der Waals surface area contributed by atoms with Crippen LogP contribution in [0.25, 0.3) is 0 Å². The van der Waals surface area contributed by atoms with Crippen LogP contribution in [0.3, 0.4) is 0 Å². The Kier molecular flexibility index (Phi) is 3.50. The topological polar surface area (TPSA) is 38.4 Å². The summed E-state index contributed by atoms with van der Waals surface area (Å²) in [7, 11) is 1.73. The molecule has 0 saturated carbocycles. The highest BCUT2D eigenvalue weighted by atomic mass is 14.8. The Morgan fingerprint density at radius 1 is 1.38 bits per heavy atom. The minimum absolute atomic E-state index is 0.725. The van der Waals surface area contributed by atoms with Crippen molar-refractivity contribution in [3.8, 4) is 0 Å². The predicted molar refractivity (Wildman–Crippen MR) is 57.0 cm³/mol. The number of benzene rings is 1. The average molecular weight is 176 g/mol. The van der Waals surface area contributed by atoms with Gasteiger partial charge in [-0.05, 0) is 24.5 Å². The number of nitrogens with zero attached hydrogens (tertiary/aromatic N) is 1. The highest BCUT2D eigenvalue weighted by Gasteiger charge is 1.97. The highest BCUT2D eigenvalue weighted by molar-refractivity contribution is 5.80. The minimum Gasteiger partial charge on any atom is -0.387 e. The second-order valence-corrected chi connectivity index (χ2v) is 3.14. The summed E-state index contributed by atoms with van der Waals surface area (Å²) in [6, 6.07) is 8.37. The largest absolute Gasteiger partial charge is 0.387 e. The van der Waals surface area contributed by atoms with Crippen LogP contribution in [0.15, 0.2) is 29.3 Å². The first-order chi connectivity index (χ1) is 6.24. The minimum atomic E-state index is 0.725. The lowest BCUT2D eigenvalue weighted by molar-refractivity contribution is 1.01. The van der Waals surface area contributed by atoms with Crippen molar-refractivity contribution in [2.75, 3.05) is 7.05 Å². The van der Waals surface area contributed by atoms with E-state index < -0.39 is 0 Å².